The van der Waals surface area contributed by atoms with Crippen LogP contribution < -0.4 is 0 Å². The van der Waals surface area contributed by atoms with Crippen molar-refractivity contribution in [3.63, 3.8) is 0 Å². The van der Waals surface area contributed by atoms with E-state index in [1.807, 2.05) is 24.3 Å². The van der Waals surface area contributed by atoms with Crippen LogP contribution in [-0.4, -0.2) is 11.1 Å². The molecule has 92 valence electrons. The first kappa shape index (κ1) is 13.0. The Morgan fingerprint density at radius 3 is 2.11 bits per heavy atom. The third kappa shape index (κ3) is 2.70. The number of alkyl halides is 1. The summed E-state index contributed by atoms with van der Waals surface area (Å²) in [5.41, 5.74) is 5.66. The molecule has 2 heteroatoms. The fourth-order valence-corrected chi connectivity index (χ4v) is 2.17. The molecule has 0 N–H and O–H groups in total. The van der Waals surface area contributed by atoms with Gasteiger partial charge in [-0.15, -0.1) is 0 Å². The van der Waals surface area contributed by atoms with E-state index in [2.05, 4.69) is 48.0 Å². The van der Waals surface area contributed by atoms with Crippen molar-refractivity contribution in [1.82, 2.24) is 0 Å². The highest BCUT2D eigenvalue weighted by Gasteiger charge is 2.04. The van der Waals surface area contributed by atoms with Gasteiger partial charge in [-0.2, -0.15) is 0 Å². The van der Waals surface area contributed by atoms with E-state index in [9.17, 15) is 4.79 Å². The average molecular weight is 303 g/mol. The van der Waals surface area contributed by atoms with Crippen molar-refractivity contribution in [2.24, 2.45) is 0 Å². The molecule has 0 bridgehead atoms. The highest BCUT2D eigenvalue weighted by Crippen LogP contribution is 2.22. The topological polar surface area (TPSA) is 17.1 Å². The molecule has 0 fully saturated rings. The van der Waals surface area contributed by atoms with Gasteiger partial charge in [0, 0.05) is 5.56 Å². The normalized spacial score (nSPS) is 10.4. The first-order valence-electron chi connectivity index (χ1n) is 5.88. The van der Waals surface area contributed by atoms with Crippen LogP contribution in [0.5, 0.6) is 0 Å². The van der Waals surface area contributed by atoms with Crippen molar-refractivity contribution in [2.75, 3.05) is 5.33 Å². The fourth-order valence-electron chi connectivity index (χ4n) is 1.85. The Labute approximate surface area is 116 Å². The molecular formula is C16H15BrO. The molecule has 0 aliphatic rings. The lowest BCUT2D eigenvalue weighted by Crippen LogP contribution is -1.98. The molecule has 0 saturated carbocycles. The van der Waals surface area contributed by atoms with Crippen LogP contribution in [0.25, 0.3) is 11.1 Å². The molecule has 0 aliphatic heterocycles. The van der Waals surface area contributed by atoms with E-state index in [-0.39, 0.29) is 5.78 Å². The summed E-state index contributed by atoms with van der Waals surface area (Å²) in [6.07, 6.45) is 0. The van der Waals surface area contributed by atoms with E-state index in [1.165, 1.54) is 16.7 Å². The highest BCUT2D eigenvalue weighted by molar-refractivity contribution is 9.09. The maximum Gasteiger partial charge on any atom is 0.173 e. The van der Waals surface area contributed by atoms with Gasteiger partial charge in [-0.3, -0.25) is 4.79 Å². The van der Waals surface area contributed by atoms with E-state index < -0.39 is 0 Å². The number of Topliss-reactive ketones (excluding diaryl/α,β-unsaturated/α-hetero) is 1. The van der Waals surface area contributed by atoms with Gasteiger partial charge in [0.2, 0.25) is 0 Å². The molecule has 1 nitrogen and oxygen atoms in total. The molecule has 0 radical (unpaired) electrons. The Morgan fingerprint density at radius 2 is 1.56 bits per heavy atom. The first-order chi connectivity index (χ1) is 8.61. The molecule has 2 aromatic rings. The lowest BCUT2D eigenvalue weighted by atomic mass is 9.99. The minimum absolute atomic E-state index is 0.113. The Hall–Kier alpha value is -1.41. The number of carbonyl (C=O) groups is 1. The van der Waals surface area contributed by atoms with Gasteiger partial charge >= 0.3 is 0 Å². The largest absolute Gasteiger partial charge is 0.293 e. The van der Waals surface area contributed by atoms with Crippen LogP contribution in [0, 0.1) is 13.8 Å². The second-order valence-corrected chi connectivity index (χ2v) is 4.99. The SMILES string of the molecule is Cc1ccc(-c2ccc(C(=O)CBr)cc2)cc1C. The number of carbonyl (C=O) groups excluding carboxylic acids is 1. The monoisotopic (exact) mass is 302 g/mol. The van der Waals surface area contributed by atoms with Crippen LogP contribution in [0.4, 0.5) is 0 Å². The summed E-state index contributed by atoms with van der Waals surface area (Å²) in [5.74, 6) is 0.113. The van der Waals surface area contributed by atoms with E-state index in [0.717, 1.165) is 11.1 Å². The minimum Gasteiger partial charge on any atom is -0.293 e. The number of ketones is 1. The average Bonchev–Trinajstić information content (AvgIpc) is 2.41. The molecule has 0 aliphatic carbocycles. The summed E-state index contributed by atoms with van der Waals surface area (Å²) in [5, 5.41) is 0.371. The number of hydrogen-bond donors (Lipinski definition) is 0. The Balaban J connectivity index is 2.34. The van der Waals surface area contributed by atoms with E-state index in [1.54, 1.807) is 0 Å². The lowest BCUT2D eigenvalue weighted by molar-refractivity contribution is 0.102. The second kappa shape index (κ2) is 5.49. The molecule has 0 unspecified atom stereocenters. The Morgan fingerprint density at radius 1 is 0.944 bits per heavy atom. The maximum atomic E-state index is 11.5. The van der Waals surface area contributed by atoms with Crippen molar-refractivity contribution in [2.45, 2.75) is 13.8 Å². The molecule has 0 atom stereocenters. The van der Waals surface area contributed by atoms with Crippen LogP contribution in [0.15, 0.2) is 42.5 Å². The smallest absolute Gasteiger partial charge is 0.173 e. The highest BCUT2D eigenvalue weighted by atomic mass is 79.9. The van der Waals surface area contributed by atoms with Crippen LogP contribution in [-0.2, 0) is 0 Å². The number of aryl methyl sites for hydroxylation is 2. The summed E-state index contributed by atoms with van der Waals surface area (Å²) in [7, 11) is 0. The van der Waals surface area contributed by atoms with Gasteiger partial charge < -0.3 is 0 Å². The van der Waals surface area contributed by atoms with E-state index in [0.29, 0.717) is 5.33 Å². The van der Waals surface area contributed by atoms with Crippen molar-refractivity contribution in [3.05, 3.63) is 59.2 Å². The van der Waals surface area contributed by atoms with Gasteiger partial charge in [-0.1, -0.05) is 58.4 Å². The predicted molar refractivity (Wildman–Crippen MR) is 79.5 cm³/mol. The van der Waals surface area contributed by atoms with Crippen LogP contribution in [0.3, 0.4) is 0 Å². The number of hydrogen-bond acceptors (Lipinski definition) is 1. The van der Waals surface area contributed by atoms with Crippen molar-refractivity contribution in [1.29, 1.82) is 0 Å². The van der Waals surface area contributed by atoms with Gasteiger partial charge in [0.15, 0.2) is 5.78 Å². The zero-order chi connectivity index (χ0) is 13.1. The summed E-state index contributed by atoms with van der Waals surface area (Å²) in [6.45, 7) is 4.22. The zero-order valence-electron chi connectivity index (χ0n) is 10.5. The Bertz CT molecular complexity index is 570. The van der Waals surface area contributed by atoms with Crippen molar-refractivity contribution in [3.8, 4) is 11.1 Å². The van der Waals surface area contributed by atoms with Crippen molar-refractivity contribution < 1.29 is 4.79 Å². The van der Waals surface area contributed by atoms with E-state index in [4.69, 9.17) is 0 Å². The van der Waals surface area contributed by atoms with Gasteiger partial charge in [0.05, 0.1) is 5.33 Å². The molecule has 2 rings (SSSR count). The quantitative estimate of drug-likeness (QED) is 0.600. The molecule has 0 heterocycles. The van der Waals surface area contributed by atoms with Crippen molar-refractivity contribution >= 4 is 21.7 Å². The summed E-state index contributed by atoms with van der Waals surface area (Å²) in [6, 6.07) is 14.2. The fraction of sp³-hybridized carbons (Fsp3) is 0.188. The number of halogens is 1. The summed E-state index contributed by atoms with van der Waals surface area (Å²) in [4.78, 5) is 11.5. The maximum absolute atomic E-state index is 11.5. The zero-order valence-corrected chi connectivity index (χ0v) is 12.1. The molecule has 2 aromatic carbocycles. The van der Waals surface area contributed by atoms with Crippen LogP contribution in [0.2, 0.25) is 0 Å². The molecule has 0 aromatic heterocycles. The third-order valence-electron chi connectivity index (χ3n) is 3.17. The third-order valence-corrected chi connectivity index (χ3v) is 3.68. The number of rotatable bonds is 3. The molecule has 18 heavy (non-hydrogen) atoms. The van der Waals surface area contributed by atoms with Gasteiger partial charge in [-0.05, 0) is 36.1 Å². The van der Waals surface area contributed by atoms with Gasteiger partial charge in [0.1, 0.15) is 0 Å². The number of benzene rings is 2. The summed E-state index contributed by atoms with van der Waals surface area (Å²) < 4.78 is 0. The first-order valence-corrected chi connectivity index (χ1v) is 7.01. The van der Waals surface area contributed by atoms with Gasteiger partial charge in [-0.25, -0.2) is 0 Å². The molecule has 0 amide bonds. The minimum atomic E-state index is 0.113. The second-order valence-electron chi connectivity index (χ2n) is 4.43. The predicted octanol–water partition coefficient (Wildman–Crippen LogP) is 4.55. The molecule has 0 saturated heterocycles. The van der Waals surface area contributed by atoms with Crippen LogP contribution in [0.1, 0.15) is 21.5 Å². The Kier molecular flexibility index (Phi) is 3.97. The van der Waals surface area contributed by atoms with Crippen LogP contribution >= 0.6 is 15.9 Å². The van der Waals surface area contributed by atoms with E-state index >= 15 is 0 Å². The van der Waals surface area contributed by atoms with Gasteiger partial charge in [0.25, 0.3) is 0 Å². The lowest BCUT2D eigenvalue weighted by Gasteiger charge is -2.06. The molecule has 0 spiro atoms. The summed E-state index contributed by atoms with van der Waals surface area (Å²) >= 11 is 3.18. The molecular weight excluding hydrogens is 288 g/mol. The standard InChI is InChI=1S/C16H15BrO/c1-11-3-4-15(9-12(11)2)13-5-7-14(8-6-13)16(18)10-17/h3-9H,10H2,1-2H3.